The summed E-state index contributed by atoms with van der Waals surface area (Å²) in [4.78, 5) is 13.4. The highest BCUT2D eigenvalue weighted by atomic mass is 32.3. The minimum atomic E-state index is -0.793. The average molecular weight is 349 g/mol. The molecule has 0 bridgehead atoms. The van der Waals surface area contributed by atoms with Gasteiger partial charge in [0, 0.05) is 0 Å². The summed E-state index contributed by atoms with van der Waals surface area (Å²) in [5.41, 5.74) is 2.73. The number of carbonyl (C=O) groups is 1. The van der Waals surface area contributed by atoms with E-state index in [0.717, 1.165) is 17.9 Å². The molecule has 0 radical (unpaired) electrons. The van der Waals surface area contributed by atoms with Crippen LogP contribution in [0.15, 0.2) is 23.3 Å². The Labute approximate surface area is 150 Å². The van der Waals surface area contributed by atoms with Gasteiger partial charge in [-0.1, -0.05) is 43.9 Å². The van der Waals surface area contributed by atoms with Gasteiger partial charge in [0.1, 0.15) is 0 Å². The Hall–Kier alpha value is -0.500. The zero-order valence-electron chi connectivity index (χ0n) is 16.2. The lowest BCUT2D eigenvalue weighted by Gasteiger charge is -2.46. The molecule has 1 saturated heterocycles. The van der Waals surface area contributed by atoms with Gasteiger partial charge in [0.15, 0.2) is 5.78 Å². The molecule has 136 valence electrons. The molecule has 0 spiro atoms. The minimum Gasteiger partial charge on any atom is -0.293 e. The van der Waals surface area contributed by atoms with Crippen LogP contribution in [0.25, 0.3) is 0 Å². The summed E-state index contributed by atoms with van der Waals surface area (Å²) in [7, 11) is -0.793. The fourth-order valence-electron chi connectivity index (χ4n) is 5.08. The monoisotopic (exact) mass is 348 g/mol. The molecule has 1 nitrogen and oxygen atoms in total. The molecule has 0 aromatic rings. The van der Waals surface area contributed by atoms with Gasteiger partial charge in [-0.25, -0.2) is 10.0 Å². The Balaban J connectivity index is 1.78. The van der Waals surface area contributed by atoms with E-state index in [4.69, 9.17) is 0 Å². The molecule has 0 aromatic carbocycles. The van der Waals surface area contributed by atoms with Gasteiger partial charge in [0.05, 0.1) is 4.75 Å². The Morgan fingerprint density at radius 3 is 2.25 bits per heavy atom. The summed E-state index contributed by atoms with van der Waals surface area (Å²) < 4.78 is -0.148. The van der Waals surface area contributed by atoms with E-state index >= 15 is 0 Å². The molecule has 1 aliphatic heterocycles. The van der Waals surface area contributed by atoms with Crippen molar-refractivity contribution in [3.8, 4) is 0 Å². The Morgan fingerprint density at radius 1 is 1.04 bits per heavy atom. The van der Waals surface area contributed by atoms with E-state index in [0.29, 0.717) is 11.7 Å². The molecule has 3 aliphatic rings. The maximum absolute atomic E-state index is 13.4. The third-order valence-electron chi connectivity index (χ3n) is 7.16. The molecule has 1 unspecified atom stereocenters. The van der Waals surface area contributed by atoms with E-state index in [1.807, 2.05) is 0 Å². The van der Waals surface area contributed by atoms with Gasteiger partial charge in [-0.15, -0.1) is 0 Å². The molecule has 0 amide bonds. The maximum Gasteiger partial charge on any atom is 0.172 e. The highest BCUT2D eigenvalue weighted by molar-refractivity contribution is 8.34. The van der Waals surface area contributed by atoms with Crippen molar-refractivity contribution in [1.82, 2.24) is 0 Å². The van der Waals surface area contributed by atoms with Gasteiger partial charge >= 0.3 is 0 Å². The van der Waals surface area contributed by atoms with Crippen LogP contribution >= 0.6 is 10.0 Å². The molecule has 3 rings (SSSR count). The third kappa shape index (κ3) is 3.28. The fourth-order valence-corrected chi connectivity index (χ4v) is 8.57. The van der Waals surface area contributed by atoms with Crippen LogP contribution in [-0.2, 0) is 4.79 Å². The van der Waals surface area contributed by atoms with Crippen molar-refractivity contribution in [3.63, 3.8) is 0 Å². The zero-order valence-corrected chi connectivity index (χ0v) is 17.0. The molecule has 24 heavy (non-hydrogen) atoms. The molecule has 2 heteroatoms. The van der Waals surface area contributed by atoms with Crippen molar-refractivity contribution in [2.45, 2.75) is 76.9 Å². The van der Waals surface area contributed by atoms with Crippen LogP contribution in [0, 0.1) is 11.8 Å². The average Bonchev–Trinajstić information content (AvgIpc) is 3.03. The first-order valence-electron chi connectivity index (χ1n) is 10.0. The van der Waals surface area contributed by atoms with Crippen LogP contribution in [0.1, 0.15) is 72.1 Å². The normalized spacial score (nSPS) is 29.8. The van der Waals surface area contributed by atoms with Crippen molar-refractivity contribution >= 4 is 15.8 Å². The van der Waals surface area contributed by atoms with Crippen molar-refractivity contribution in [2.75, 3.05) is 17.8 Å². The molecule has 0 aromatic heterocycles. The second-order valence-electron chi connectivity index (χ2n) is 9.03. The minimum absolute atomic E-state index is 0.148. The summed E-state index contributed by atoms with van der Waals surface area (Å²) in [6.45, 7) is 6.82. The zero-order chi connectivity index (χ0) is 17.4. The van der Waals surface area contributed by atoms with Crippen LogP contribution in [0.3, 0.4) is 0 Å². The van der Waals surface area contributed by atoms with E-state index < -0.39 is 10.0 Å². The number of allylic oxidation sites excluding steroid dienone is 4. The van der Waals surface area contributed by atoms with Gasteiger partial charge in [0.25, 0.3) is 0 Å². The molecule has 1 heterocycles. The largest absolute Gasteiger partial charge is 0.293 e. The lowest BCUT2D eigenvalue weighted by molar-refractivity contribution is -0.117. The van der Waals surface area contributed by atoms with Crippen molar-refractivity contribution in [1.29, 1.82) is 0 Å². The van der Waals surface area contributed by atoms with E-state index in [9.17, 15) is 4.79 Å². The Morgan fingerprint density at radius 2 is 1.67 bits per heavy atom. The van der Waals surface area contributed by atoms with Crippen molar-refractivity contribution in [2.24, 2.45) is 11.8 Å². The Bertz CT molecular complexity index is 542. The Kier molecular flexibility index (Phi) is 5.35. The summed E-state index contributed by atoms with van der Waals surface area (Å²) >= 11 is 0. The first kappa shape index (κ1) is 18.3. The molecule has 2 fully saturated rings. The summed E-state index contributed by atoms with van der Waals surface area (Å²) in [6.07, 6.45) is 17.5. The van der Waals surface area contributed by atoms with Crippen LogP contribution in [0.2, 0.25) is 0 Å². The van der Waals surface area contributed by atoms with Crippen LogP contribution in [-0.4, -0.2) is 28.3 Å². The summed E-state index contributed by atoms with van der Waals surface area (Å²) in [5, 5.41) is 0. The smallest absolute Gasteiger partial charge is 0.172 e. The SMILES string of the molecule is CC1CC(C(=O)C(C)(C)S2(C)CCCC2)=CC=C1C1CCCCC1. The summed E-state index contributed by atoms with van der Waals surface area (Å²) in [5.74, 6) is 4.37. The quantitative estimate of drug-likeness (QED) is 0.605. The third-order valence-corrected chi connectivity index (χ3v) is 12.2. The lowest BCUT2D eigenvalue weighted by atomic mass is 9.74. The van der Waals surface area contributed by atoms with Gasteiger partial charge in [-0.2, -0.15) is 0 Å². The van der Waals surface area contributed by atoms with E-state index in [-0.39, 0.29) is 4.75 Å². The van der Waals surface area contributed by atoms with Crippen molar-refractivity contribution in [3.05, 3.63) is 23.3 Å². The van der Waals surface area contributed by atoms with Crippen LogP contribution in [0.5, 0.6) is 0 Å². The molecule has 1 atom stereocenters. The molecular formula is C22H36OS. The first-order chi connectivity index (χ1) is 11.3. The van der Waals surface area contributed by atoms with Crippen LogP contribution in [0.4, 0.5) is 0 Å². The van der Waals surface area contributed by atoms with Gasteiger partial charge < -0.3 is 0 Å². The first-order valence-corrected chi connectivity index (χ1v) is 12.4. The topological polar surface area (TPSA) is 17.1 Å². The number of Topliss-reactive ketones (excluding diaryl/α,β-unsaturated/α-hetero) is 1. The van der Waals surface area contributed by atoms with E-state index in [1.54, 1.807) is 5.57 Å². The van der Waals surface area contributed by atoms with Gasteiger partial charge in [-0.05, 0) is 81.1 Å². The highest BCUT2D eigenvalue weighted by Gasteiger charge is 2.45. The van der Waals surface area contributed by atoms with E-state index in [1.165, 1.54) is 56.5 Å². The maximum atomic E-state index is 13.4. The van der Waals surface area contributed by atoms with Crippen molar-refractivity contribution < 1.29 is 4.79 Å². The van der Waals surface area contributed by atoms with Crippen LogP contribution < -0.4 is 0 Å². The van der Waals surface area contributed by atoms with Gasteiger partial charge in [-0.3, -0.25) is 4.79 Å². The number of hydrogen-bond acceptors (Lipinski definition) is 1. The predicted octanol–water partition coefficient (Wildman–Crippen LogP) is 6.04. The predicted molar refractivity (Wildman–Crippen MR) is 108 cm³/mol. The molecule has 1 saturated carbocycles. The number of carbonyl (C=O) groups excluding carboxylic acids is 1. The van der Waals surface area contributed by atoms with Gasteiger partial charge in [0.2, 0.25) is 0 Å². The highest BCUT2D eigenvalue weighted by Crippen LogP contribution is 2.61. The fraction of sp³-hybridized carbons (Fsp3) is 0.773. The van der Waals surface area contributed by atoms with E-state index in [2.05, 4.69) is 39.2 Å². The molecular weight excluding hydrogens is 312 g/mol. The number of hydrogen-bond donors (Lipinski definition) is 0. The second kappa shape index (κ2) is 7.02. The molecule has 2 aliphatic carbocycles. The summed E-state index contributed by atoms with van der Waals surface area (Å²) in [6, 6.07) is 0. The number of rotatable bonds is 4. The standard InChI is InChI=1S/C22H36OS/c1-17-16-19(12-13-20(17)18-10-6-5-7-11-18)21(23)22(2,3)24(4)14-8-9-15-24/h12-13,17-18H,5-11,14-16H2,1-4H3. The second-order valence-corrected chi connectivity index (χ2v) is 13.4. The number of ketones is 1. The lowest BCUT2D eigenvalue weighted by Crippen LogP contribution is -2.40. The molecule has 0 N–H and O–H groups in total.